The normalized spacial score (nSPS) is 10.4. The van der Waals surface area contributed by atoms with Crippen molar-refractivity contribution in [1.82, 2.24) is 19.7 Å². The van der Waals surface area contributed by atoms with E-state index in [1.807, 2.05) is 6.92 Å². The Hall–Kier alpha value is -2.04. The van der Waals surface area contributed by atoms with Gasteiger partial charge in [-0.15, -0.1) is 0 Å². The Bertz CT molecular complexity index is 518. The molecule has 0 saturated heterocycles. The molecule has 2 rings (SSSR count). The molecule has 0 aliphatic heterocycles. The molecule has 0 unspecified atom stereocenters. The molecule has 0 N–H and O–H groups in total. The fourth-order valence-electron chi connectivity index (χ4n) is 1.45. The molecule has 0 spiro atoms. The minimum Gasteiger partial charge on any atom is -0.273 e. The van der Waals surface area contributed by atoms with E-state index in [2.05, 4.69) is 22.0 Å². The average molecular weight is 215 g/mol. The maximum absolute atomic E-state index is 11.6. The lowest BCUT2D eigenvalue weighted by molar-refractivity contribution is 0.0903. The monoisotopic (exact) mass is 215 g/mol. The third-order valence-electron chi connectivity index (χ3n) is 2.22. The number of hydrogen-bond donors (Lipinski definition) is 0. The fraction of sp³-hybridized carbons (Fsp3) is 0.182. The van der Waals surface area contributed by atoms with Gasteiger partial charge in [0.25, 0.3) is 0 Å². The van der Waals surface area contributed by atoms with Gasteiger partial charge in [-0.05, 0) is 19.9 Å². The van der Waals surface area contributed by atoms with Gasteiger partial charge in [-0.25, -0.2) is 0 Å². The highest BCUT2D eigenvalue weighted by atomic mass is 16.2. The first-order valence-corrected chi connectivity index (χ1v) is 4.88. The van der Waals surface area contributed by atoms with Crippen LogP contribution in [-0.2, 0) is 0 Å². The molecule has 0 fully saturated rings. The molecule has 0 bridgehead atoms. The van der Waals surface area contributed by atoms with Crippen LogP contribution in [0, 0.1) is 13.8 Å². The van der Waals surface area contributed by atoms with Crippen molar-refractivity contribution in [3.8, 4) is 11.4 Å². The van der Waals surface area contributed by atoms with Gasteiger partial charge in [0, 0.05) is 18.8 Å². The van der Waals surface area contributed by atoms with E-state index in [1.165, 1.54) is 4.68 Å². The Kier molecular flexibility index (Phi) is 2.76. The summed E-state index contributed by atoms with van der Waals surface area (Å²) < 4.78 is 1.31. The predicted octanol–water partition coefficient (Wildman–Crippen LogP) is 1.51. The third-order valence-corrected chi connectivity index (χ3v) is 2.22. The van der Waals surface area contributed by atoms with Gasteiger partial charge in [0.2, 0.25) is 5.91 Å². The van der Waals surface area contributed by atoms with Gasteiger partial charge >= 0.3 is 0 Å². The van der Waals surface area contributed by atoms with Crippen LogP contribution in [0.3, 0.4) is 0 Å². The molecule has 5 nitrogen and oxygen atoms in total. The molecule has 2 aromatic heterocycles. The van der Waals surface area contributed by atoms with E-state index in [1.54, 1.807) is 24.7 Å². The summed E-state index contributed by atoms with van der Waals surface area (Å²) >= 11 is 0. The van der Waals surface area contributed by atoms with Crippen LogP contribution in [0.25, 0.3) is 11.4 Å². The molecule has 0 aliphatic carbocycles. The maximum atomic E-state index is 11.6. The Morgan fingerprint density at radius 3 is 2.81 bits per heavy atom. The van der Waals surface area contributed by atoms with Crippen LogP contribution in [0.1, 0.15) is 16.9 Å². The Labute approximate surface area is 93.2 Å². The quantitative estimate of drug-likeness (QED) is 0.761. The molecule has 0 saturated carbocycles. The summed E-state index contributed by atoms with van der Waals surface area (Å²) in [5.41, 5.74) is 2.09. The van der Waals surface area contributed by atoms with Crippen LogP contribution in [0.15, 0.2) is 24.7 Å². The Balaban J connectivity index is 2.53. The SMILES string of the molecule is [CH2]CC(=O)n1nccc1-c1nccnc1C. The van der Waals surface area contributed by atoms with Crippen molar-refractivity contribution in [2.75, 3.05) is 0 Å². The summed E-state index contributed by atoms with van der Waals surface area (Å²) in [4.78, 5) is 19.9. The van der Waals surface area contributed by atoms with E-state index in [0.29, 0.717) is 11.4 Å². The number of carbonyl (C=O) groups is 1. The van der Waals surface area contributed by atoms with Crippen LogP contribution in [0.5, 0.6) is 0 Å². The van der Waals surface area contributed by atoms with Crippen molar-refractivity contribution >= 4 is 5.91 Å². The molecule has 2 aromatic rings. The van der Waals surface area contributed by atoms with Gasteiger partial charge in [-0.2, -0.15) is 9.78 Å². The Morgan fingerprint density at radius 1 is 1.38 bits per heavy atom. The van der Waals surface area contributed by atoms with E-state index < -0.39 is 0 Å². The lowest BCUT2D eigenvalue weighted by Gasteiger charge is -2.05. The molecule has 0 amide bonds. The molecule has 0 atom stereocenters. The summed E-state index contributed by atoms with van der Waals surface area (Å²) in [6, 6.07) is 1.74. The standard InChI is InChI=1S/C11H11N4O/c1-3-10(16)15-9(4-5-14-15)11-8(2)12-6-7-13-11/h4-7H,1,3H2,2H3. The van der Waals surface area contributed by atoms with Crippen LogP contribution in [0.2, 0.25) is 0 Å². The van der Waals surface area contributed by atoms with Gasteiger partial charge in [0.1, 0.15) is 5.69 Å². The molecule has 16 heavy (non-hydrogen) atoms. The van der Waals surface area contributed by atoms with E-state index in [0.717, 1.165) is 5.69 Å². The van der Waals surface area contributed by atoms with Crippen molar-refractivity contribution in [3.05, 3.63) is 37.3 Å². The molecule has 0 aliphatic rings. The Morgan fingerprint density at radius 2 is 2.12 bits per heavy atom. The van der Waals surface area contributed by atoms with Crippen molar-refractivity contribution in [1.29, 1.82) is 0 Å². The maximum Gasteiger partial charge on any atom is 0.247 e. The predicted molar refractivity (Wildman–Crippen MR) is 58.6 cm³/mol. The van der Waals surface area contributed by atoms with Crippen LogP contribution in [0.4, 0.5) is 0 Å². The second-order valence-electron chi connectivity index (χ2n) is 3.26. The van der Waals surface area contributed by atoms with E-state index >= 15 is 0 Å². The second-order valence-corrected chi connectivity index (χ2v) is 3.26. The summed E-state index contributed by atoms with van der Waals surface area (Å²) in [5, 5.41) is 3.96. The second kappa shape index (κ2) is 4.22. The van der Waals surface area contributed by atoms with Gasteiger partial charge in [-0.1, -0.05) is 0 Å². The highest BCUT2D eigenvalue weighted by molar-refractivity contribution is 5.83. The molecule has 0 aromatic carbocycles. The lowest BCUT2D eigenvalue weighted by Crippen LogP contribution is -2.13. The summed E-state index contributed by atoms with van der Waals surface area (Å²) in [5.74, 6) is -0.162. The van der Waals surface area contributed by atoms with Gasteiger partial charge < -0.3 is 0 Å². The van der Waals surface area contributed by atoms with Crippen molar-refractivity contribution in [2.24, 2.45) is 0 Å². The van der Waals surface area contributed by atoms with Crippen molar-refractivity contribution in [3.63, 3.8) is 0 Å². The van der Waals surface area contributed by atoms with Gasteiger partial charge in [0.05, 0.1) is 17.6 Å². The number of nitrogens with zero attached hydrogens (tertiary/aromatic N) is 4. The summed E-state index contributed by atoms with van der Waals surface area (Å²) in [7, 11) is 0. The number of aromatic nitrogens is 4. The molecule has 1 radical (unpaired) electrons. The highest BCUT2D eigenvalue weighted by Crippen LogP contribution is 2.18. The van der Waals surface area contributed by atoms with Gasteiger partial charge in [0.15, 0.2) is 0 Å². The third kappa shape index (κ3) is 1.71. The van der Waals surface area contributed by atoms with Crippen LogP contribution < -0.4 is 0 Å². The summed E-state index contributed by atoms with van der Waals surface area (Å²) in [6.45, 7) is 5.39. The van der Waals surface area contributed by atoms with Crippen molar-refractivity contribution < 1.29 is 4.79 Å². The molecular formula is C11H11N4O. The van der Waals surface area contributed by atoms with Crippen molar-refractivity contribution in [2.45, 2.75) is 13.3 Å². The zero-order chi connectivity index (χ0) is 11.5. The zero-order valence-electron chi connectivity index (χ0n) is 8.92. The smallest absolute Gasteiger partial charge is 0.247 e. The van der Waals surface area contributed by atoms with E-state index in [9.17, 15) is 4.79 Å². The molecular weight excluding hydrogens is 204 g/mol. The zero-order valence-corrected chi connectivity index (χ0v) is 8.92. The van der Waals surface area contributed by atoms with Crippen LogP contribution >= 0.6 is 0 Å². The topological polar surface area (TPSA) is 60.7 Å². The first kappa shape index (κ1) is 10.5. The molecule has 5 heteroatoms. The number of carbonyl (C=O) groups excluding carboxylic acids is 1. The first-order valence-electron chi connectivity index (χ1n) is 4.88. The first-order chi connectivity index (χ1) is 7.74. The van der Waals surface area contributed by atoms with Crippen LogP contribution in [-0.4, -0.2) is 25.7 Å². The minimum atomic E-state index is -0.162. The average Bonchev–Trinajstić information content (AvgIpc) is 2.77. The minimum absolute atomic E-state index is 0.161. The highest BCUT2D eigenvalue weighted by Gasteiger charge is 2.13. The number of hydrogen-bond acceptors (Lipinski definition) is 4. The van der Waals surface area contributed by atoms with E-state index in [-0.39, 0.29) is 12.3 Å². The van der Waals surface area contributed by atoms with E-state index in [4.69, 9.17) is 0 Å². The molecule has 2 heterocycles. The molecule has 81 valence electrons. The fourth-order valence-corrected chi connectivity index (χ4v) is 1.45. The van der Waals surface area contributed by atoms with Gasteiger partial charge in [-0.3, -0.25) is 14.8 Å². The largest absolute Gasteiger partial charge is 0.273 e. The number of aryl methyl sites for hydroxylation is 1. The number of rotatable bonds is 2. The lowest BCUT2D eigenvalue weighted by atomic mass is 10.2. The summed E-state index contributed by atoms with van der Waals surface area (Å²) in [6.07, 6.45) is 4.93.